The number of esters is 1. The summed E-state index contributed by atoms with van der Waals surface area (Å²) in [6.07, 6.45) is 2.26. The average Bonchev–Trinajstić information content (AvgIpc) is 3.01. The molecule has 0 saturated carbocycles. The highest BCUT2D eigenvalue weighted by Gasteiger charge is 2.40. The molecule has 1 atom stereocenters. The number of carbonyl (C=O) groups is 2. The van der Waals surface area contributed by atoms with Crippen LogP contribution in [0.5, 0.6) is 11.5 Å². The lowest BCUT2D eigenvalue weighted by Crippen LogP contribution is -2.48. The van der Waals surface area contributed by atoms with Gasteiger partial charge in [-0.1, -0.05) is 60.7 Å². The van der Waals surface area contributed by atoms with E-state index in [1.807, 2.05) is 78.9 Å². The first kappa shape index (κ1) is 29.9. The van der Waals surface area contributed by atoms with Crippen LogP contribution in [-0.2, 0) is 24.7 Å². The van der Waals surface area contributed by atoms with Gasteiger partial charge in [-0.25, -0.2) is 4.79 Å². The smallest absolute Gasteiger partial charge is 0.332 e. The predicted octanol–water partition coefficient (Wildman–Crippen LogP) is 4.87. The summed E-state index contributed by atoms with van der Waals surface area (Å²) in [4.78, 5) is 27.3. The zero-order valence-electron chi connectivity index (χ0n) is 23.0. The second-order valence-corrected chi connectivity index (χ2v) is 8.93. The topological polar surface area (TPSA) is 98.1 Å². The van der Waals surface area contributed by atoms with E-state index in [1.54, 1.807) is 26.4 Å². The van der Waals surface area contributed by atoms with Crippen LogP contribution in [0.3, 0.4) is 0 Å². The van der Waals surface area contributed by atoms with Gasteiger partial charge in [0.25, 0.3) is 0 Å². The zero-order chi connectivity index (χ0) is 29.0. The second-order valence-electron chi connectivity index (χ2n) is 8.93. The maximum Gasteiger partial charge on any atom is 0.332 e. The number of hydrogen-bond donors (Lipinski definition) is 0. The van der Waals surface area contributed by atoms with Crippen LogP contribution >= 0.6 is 0 Å². The number of amides is 1. The highest BCUT2D eigenvalue weighted by Crippen LogP contribution is 2.42. The van der Waals surface area contributed by atoms with E-state index in [9.17, 15) is 9.59 Å². The Morgan fingerprint density at radius 2 is 1.45 bits per heavy atom. The van der Waals surface area contributed by atoms with Crippen LogP contribution in [0.15, 0.2) is 91.5 Å². The Morgan fingerprint density at radius 1 is 0.925 bits per heavy atom. The summed E-state index contributed by atoms with van der Waals surface area (Å²) in [5, 5.41) is 8.98. The van der Waals surface area contributed by atoms with Crippen LogP contribution in [0.4, 0.5) is 0 Å². The molecule has 208 valence electrons. The van der Waals surface area contributed by atoms with Crippen molar-refractivity contribution in [1.82, 2.24) is 4.90 Å². The molecule has 0 unspecified atom stereocenters. The summed E-state index contributed by atoms with van der Waals surface area (Å²) < 4.78 is 22.7. The summed E-state index contributed by atoms with van der Waals surface area (Å²) >= 11 is 0. The molecule has 40 heavy (non-hydrogen) atoms. The predicted molar refractivity (Wildman–Crippen MR) is 151 cm³/mol. The Hall–Kier alpha value is -4.61. The molecule has 0 aliphatic rings. The van der Waals surface area contributed by atoms with Gasteiger partial charge in [0.15, 0.2) is 12.6 Å². The first-order valence-electron chi connectivity index (χ1n) is 12.8. The van der Waals surface area contributed by atoms with Crippen molar-refractivity contribution in [2.75, 3.05) is 34.5 Å². The Morgan fingerprint density at radius 3 is 1.93 bits per heavy atom. The number of benzene rings is 3. The van der Waals surface area contributed by atoms with Gasteiger partial charge in [-0.05, 0) is 47.4 Å². The van der Waals surface area contributed by atoms with Crippen LogP contribution in [-0.4, -0.2) is 57.3 Å². The molecule has 8 nitrogen and oxygen atoms in total. The van der Waals surface area contributed by atoms with E-state index in [1.165, 1.54) is 11.9 Å². The molecule has 1 amide bonds. The lowest BCUT2D eigenvalue weighted by atomic mass is 9.80. The molecule has 0 aliphatic carbocycles. The molecule has 0 fully saturated rings. The minimum Gasteiger partial charge on any atom is -0.497 e. The molecule has 0 aliphatic heterocycles. The average molecular weight is 543 g/mol. The van der Waals surface area contributed by atoms with Crippen LogP contribution < -0.4 is 9.47 Å². The van der Waals surface area contributed by atoms with Crippen molar-refractivity contribution in [3.63, 3.8) is 0 Å². The number of methoxy groups -OCH3 is 2. The molecule has 8 heteroatoms. The van der Waals surface area contributed by atoms with Gasteiger partial charge in [0.1, 0.15) is 23.2 Å². The third-order valence-electron chi connectivity index (χ3n) is 6.61. The molecule has 0 spiro atoms. The quantitative estimate of drug-likeness (QED) is 0.163. The first-order chi connectivity index (χ1) is 19.4. The van der Waals surface area contributed by atoms with Crippen molar-refractivity contribution in [3.8, 4) is 17.6 Å². The lowest BCUT2D eigenvalue weighted by molar-refractivity contribution is -0.157. The van der Waals surface area contributed by atoms with Crippen LogP contribution in [0, 0.1) is 11.3 Å². The fraction of sp³-hybridized carbons (Fsp3) is 0.281. The number of allylic oxidation sites excluding steroid dienone is 1. The Balaban J connectivity index is 2.16. The minimum absolute atomic E-state index is 0.169. The van der Waals surface area contributed by atoms with Gasteiger partial charge in [0.2, 0.25) is 5.91 Å². The largest absolute Gasteiger partial charge is 0.497 e. The van der Waals surface area contributed by atoms with Crippen molar-refractivity contribution in [2.45, 2.75) is 24.5 Å². The third kappa shape index (κ3) is 6.87. The molecule has 0 heterocycles. The lowest BCUT2D eigenvalue weighted by Gasteiger charge is -2.38. The van der Waals surface area contributed by atoms with Crippen molar-refractivity contribution in [2.24, 2.45) is 0 Å². The van der Waals surface area contributed by atoms with Crippen LogP contribution in [0.25, 0.3) is 0 Å². The van der Waals surface area contributed by atoms with Crippen molar-refractivity contribution in [3.05, 3.63) is 108 Å². The summed E-state index contributed by atoms with van der Waals surface area (Å²) in [5.41, 5.74) is 1.15. The highest BCUT2D eigenvalue weighted by atomic mass is 16.5. The van der Waals surface area contributed by atoms with E-state index in [4.69, 9.17) is 24.2 Å². The third-order valence-corrected chi connectivity index (χ3v) is 6.61. The van der Waals surface area contributed by atoms with Gasteiger partial charge in [-0.2, -0.15) is 5.26 Å². The number of rotatable bonds is 14. The molecular weight excluding hydrogens is 508 g/mol. The van der Waals surface area contributed by atoms with Crippen LogP contribution in [0.1, 0.15) is 29.5 Å². The first-order valence-corrected chi connectivity index (χ1v) is 12.8. The summed E-state index contributed by atoms with van der Waals surface area (Å²) in [6, 6.07) is 25.3. The number of nitriles is 1. The molecular formula is C32H34N2O6. The van der Waals surface area contributed by atoms with Gasteiger partial charge in [0, 0.05) is 13.5 Å². The zero-order valence-corrected chi connectivity index (χ0v) is 23.0. The van der Waals surface area contributed by atoms with Gasteiger partial charge in [-0.15, -0.1) is 6.58 Å². The summed E-state index contributed by atoms with van der Waals surface area (Å²) in [7, 11) is 4.71. The number of nitrogens with zero attached hydrogens (tertiary/aromatic N) is 2. The monoisotopic (exact) mass is 542 g/mol. The van der Waals surface area contributed by atoms with Crippen LogP contribution in [0.2, 0.25) is 0 Å². The van der Waals surface area contributed by atoms with E-state index in [0.29, 0.717) is 17.9 Å². The summed E-state index contributed by atoms with van der Waals surface area (Å²) in [5.74, 6) is 0.334. The molecule has 3 aromatic carbocycles. The Bertz CT molecular complexity index is 1250. The maximum atomic E-state index is 13.1. The molecule has 0 N–H and O–H groups in total. The van der Waals surface area contributed by atoms with E-state index < -0.39 is 24.2 Å². The molecule has 0 radical (unpaired) electrons. The van der Waals surface area contributed by atoms with Crippen molar-refractivity contribution in [1.29, 1.82) is 5.26 Å². The van der Waals surface area contributed by atoms with E-state index in [-0.39, 0.29) is 18.9 Å². The standard InChI is InChI=1S/C32H34N2O6/c1-5-6-12-30(35)34(2)29(31(36)39-22-21-33)23-40-32(24-10-8-7-9-11-24,25-13-17-27(37-3)18-14-25)26-15-19-28(38-4)20-16-26/h5,7-11,13-20,29H,1,6,12,22-23H2,2-4H3/t29-/m0/s1. The molecule has 0 bridgehead atoms. The Kier molecular flexibility index (Phi) is 10.9. The SMILES string of the molecule is C=CCCC(=O)N(C)[C@@H](COC(c1ccccc1)(c1ccc(OC)cc1)c1ccc(OC)cc1)C(=O)OCC#N. The maximum absolute atomic E-state index is 13.1. The number of hydrogen-bond acceptors (Lipinski definition) is 7. The number of carbonyl (C=O) groups excluding carboxylic acids is 2. The highest BCUT2D eigenvalue weighted by molar-refractivity contribution is 5.84. The normalized spacial score (nSPS) is 11.6. The van der Waals surface area contributed by atoms with Gasteiger partial charge in [0.05, 0.1) is 20.8 Å². The molecule has 3 rings (SSSR count). The molecule has 3 aromatic rings. The van der Waals surface area contributed by atoms with Crippen molar-refractivity contribution < 1.29 is 28.5 Å². The van der Waals surface area contributed by atoms with E-state index >= 15 is 0 Å². The fourth-order valence-electron chi connectivity index (χ4n) is 4.39. The van der Waals surface area contributed by atoms with Gasteiger partial charge in [-0.3, -0.25) is 4.79 Å². The van der Waals surface area contributed by atoms with Gasteiger partial charge >= 0.3 is 5.97 Å². The molecule has 0 saturated heterocycles. The Labute approximate surface area is 235 Å². The van der Waals surface area contributed by atoms with E-state index in [0.717, 1.165) is 16.7 Å². The number of ether oxygens (including phenoxy) is 4. The molecule has 0 aromatic heterocycles. The second kappa shape index (κ2) is 14.5. The van der Waals surface area contributed by atoms with E-state index in [2.05, 4.69) is 6.58 Å². The fourth-order valence-corrected chi connectivity index (χ4v) is 4.39. The minimum atomic E-state index is -1.20. The summed E-state index contributed by atoms with van der Waals surface area (Å²) in [6.45, 7) is 3.01. The van der Waals surface area contributed by atoms with Gasteiger partial charge < -0.3 is 23.8 Å². The van der Waals surface area contributed by atoms with Crippen molar-refractivity contribution >= 4 is 11.9 Å². The number of likely N-dealkylation sites (N-methyl/N-ethyl adjacent to an activating group) is 1.